The Hall–Kier alpha value is -0.420. The van der Waals surface area contributed by atoms with E-state index in [1.807, 2.05) is 0 Å². The summed E-state index contributed by atoms with van der Waals surface area (Å²) in [5, 5.41) is 12.1. The van der Waals surface area contributed by atoms with Gasteiger partial charge in [0.2, 0.25) is 0 Å². The van der Waals surface area contributed by atoms with E-state index in [-0.39, 0.29) is 18.9 Å². The lowest BCUT2D eigenvalue weighted by molar-refractivity contribution is -0.0461. The second kappa shape index (κ2) is 4.89. The smallest absolute Gasteiger partial charge is 0.158 e. The van der Waals surface area contributed by atoms with Gasteiger partial charge in [0.25, 0.3) is 0 Å². The zero-order valence-corrected chi connectivity index (χ0v) is 8.24. The van der Waals surface area contributed by atoms with Gasteiger partial charge in [-0.3, -0.25) is 0 Å². The number of ether oxygens (including phenoxy) is 2. The van der Waals surface area contributed by atoms with Crippen LogP contribution in [-0.2, 0) is 9.47 Å². The van der Waals surface area contributed by atoms with Gasteiger partial charge in [-0.25, -0.2) is 0 Å². The van der Waals surface area contributed by atoms with Crippen LogP contribution in [0.4, 0.5) is 0 Å². The van der Waals surface area contributed by atoms with Crippen LogP contribution >= 0.6 is 0 Å². The molecule has 2 heterocycles. The lowest BCUT2D eigenvalue weighted by Crippen LogP contribution is -2.25. The van der Waals surface area contributed by atoms with E-state index in [0.717, 1.165) is 32.6 Å². The monoisotopic (exact) mass is 199 g/mol. The fourth-order valence-corrected chi connectivity index (χ4v) is 1.83. The first-order valence-corrected chi connectivity index (χ1v) is 5.15. The van der Waals surface area contributed by atoms with Crippen LogP contribution in [0, 0.1) is 0 Å². The van der Waals surface area contributed by atoms with E-state index >= 15 is 0 Å². The zero-order chi connectivity index (χ0) is 9.80. The quantitative estimate of drug-likeness (QED) is 0.627. The van der Waals surface area contributed by atoms with Gasteiger partial charge in [0, 0.05) is 19.0 Å². The normalized spacial score (nSPS) is 28.4. The van der Waals surface area contributed by atoms with E-state index in [1.54, 1.807) is 0 Å². The molecule has 4 heteroatoms. The molecule has 14 heavy (non-hydrogen) atoms. The van der Waals surface area contributed by atoms with Crippen molar-refractivity contribution in [3.8, 4) is 0 Å². The van der Waals surface area contributed by atoms with Crippen LogP contribution < -0.4 is 5.32 Å². The van der Waals surface area contributed by atoms with Crippen LogP contribution in [0.2, 0.25) is 0 Å². The van der Waals surface area contributed by atoms with Crippen LogP contribution in [0.25, 0.3) is 0 Å². The number of hydrogen-bond donors (Lipinski definition) is 2. The molecule has 0 aromatic heterocycles. The average molecular weight is 199 g/mol. The van der Waals surface area contributed by atoms with Crippen LogP contribution in [0.5, 0.6) is 0 Å². The molecule has 2 aliphatic heterocycles. The Balaban J connectivity index is 1.70. The molecule has 0 radical (unpaired) electrons. The highest BCUT2D eigenvalue weighted by atomic mass is 16.7. The summed E-state index contributed by atoms with van der Waals surface area (Å²) in [6.45, 7) is 2.51. The maximum absolute atomic E-state index is 8.91. The largest absolute Gasteiger partial charge is 0.394 e. The van der Waals surface area contributed by atoms with Crippen molar-refractivity contribution in [2.24, 2.45) is 0 Å². The van der Waals surface area contributed by atoms with Gasteiger partial charge in [-0.15, -0.1) is 0 Å². The standard InChI is InChI=1S/C10H17NO3/c12-7-9-5-8(6-11-9)1-2-10-13-3-4-14-10/h5,9-12H,1-4,6-7H2. The van der Waals surface area contributed by atoms with Crippen LogP contribution in [0.3, 0.4) is 0 Å². The molecule has 1 unspecified atom stereocenters. The molecule has 0 aromatic carbocycles. The molecular weight excluding hydrogens is 182 g/mol. The third-order valence-corrected chi connectivity index (χ3v) is 2.62. The average Bonchev–Trinajstić information content (AvgIpc) is 2.86. The number of hydrogen-bond acceptors (Lipinski definition) is 4. The Labute approximate surface area is 83.9 Å². The van der Waals surface area contributed by atoms with Crippen LogP contribution in [0.1, 0.15) is 12.8 Å². The van der Waals surface area contributed by atoms with Gasteiger partial charge in [-0.2, -0.15) is 0 Å². The molecule has 0 bridgehead atoms. The predicted molar refractivity (Wildman–Crippen MR) is 51.9 cm³/mol. The summed E-state index contributed by atoms with van der Waals surface area (Å²) in [6, 6.07) is 0.149. The minimum atomic E-state index is -0.0101. The Morgan fingerprint density at radius 3 is 2.86 bits per heavy atom. The second-order valence-corrected chi connectivity index (χ2v) is 3.70. The molecule has 0 saturated carbocycles. The number of aliphatic hydroxyl groups is 1. The van der Waals surface area contributed by atoms with Crippen molar-refractivity contribution in [1.29, 1.82) is 0 Å². The zero-order valence-electron chi connectivity index (χ0n) is 8.24. The molecule has 2 rings (SSSR count). The van der Waals surface area contributed by atoms with Crippen molar-refractivity contribution in [2.75, 3.05) is 26.4 Å². The minimum absolute atomic E-state index is 0.0101. The fourth-order valence-electron chi connectivity index (χ4n) is 1.83. The molecule has 1 atom stereocenters. The molecule has 0 aliphatic carbocycles. The van der Waals surface area contributed by atoms with Crippen molar-refractivity contribution in [2.45, 2.75) is 25.2 Å². The Kier molecular flexibility index (Phi) is 3.53. The van der Waals surface area contributed by atoms with Crippen molar-refractivity contribution in [1.82, 2.24) is 5.32 Å². The molecule has 4 nitrogen and oxygen atoms in total. The summed E-state index contributed by atoms with van der Waals surface area (Å²) in [5.74, 6) is 0. The molecule has 1 saturated heterocycles. The molecule has 0 spiro atoms. The molecule has 0 aromatic rings. The molecule has 80 valence electrons. The molecule has 2 N–H and O–H groups in total. The summed E-state index contributed by atoms with van der Waals surface area (Å²) in [6.07, 6.45) is 4.01. The first-order valence-electron chi connectivity index (χ1n) is 5.15. The first kappa shape index (κ1) is 10.1. The molecule has 1 fully saturated rings. The van der Waals surface area contributed by atoms with Crippen molar-refractivity contribution < 1.29 is 14.6 Å². The summed E-state index contributed by atoms with van der Waals surface area (Å²) in [5.41, 5.74) is 1.35. The van der Waals surface area contributed by atoms with Gasteiger partial charge < -0.3 is 19.9 Å². The van der Waals surface area contributed by atoms with E-state index in [9.17, 15) is 0 Å². The van der Waals surface area contributed by atoms with Gasteiger partial charge in [0.05, 0.1) is 19.8 Å². The third-order valence-electron chi connectivity index (χ3n) is 2.62. The van der Waals surface area contributed by atoms with E-state index < -0.39 is 0 Å². The Bertz CT molecular complexity index is 211. The number of aliphatic hydroxyl groups excluding tert-OH is 1. The van der Waals surface area contributed by atoms with Crippen molar-refractivity contribution >= 4 is 0 Å². The lowest BCUT2D eigenvalue weighted by atomic mass is 10.1. The second-order valence-electron chi connectivity index (χ2n) is 3.70. The lowest BCUT2D eigenvalue weighted by Gasteiger charge is -2.08. The topological polar surface area (TPSA) is 50.7 Å². The maximum atomic E-state index is 8.91. The molecule has 0 amide bonds. The van der Waals surface area contributed by atoms with Crippen LogP contribution in [-0.4, -0.2) is 43.8 Å². The first-order chi connectivity index (χ1) is 6.88. The summed E-state index contributed by atoms with van der Waals surface area (Å²) in [7, 11) is 0. The summed E-state index contributed by atoms with van der Waals surface area (Å²) < 4.78 is 10.7. The van der Waals surface area contributed by atoms with E-state index in [4.69, 9.17) is 14.6 Å². The van der Waals surface area contributed by atoms with Crippen LogP contribution in [0.15, 0.2) is 11.6 Å². The fraction of sp³-hybridized carbons (Fsp3) is 0.800. The molecule has 2 aliphatic rings. The van der Waals surface area contributed by atoms with E-state index in [0.29, 0.717) is 0 Å². The summed E-state index contributed by atoms with van der Waals surface area (Å²) in [4.78, 5) is 0. The Morgan fingerprint density at radius 2 is 2.21 bits per heavy atom. The Morgan fingerprint density at radius 1 is 1.43 bits per heavy atom. The number of nitrogens with one attached hydrogen (secondary N) is 1. The predicted octanol–water partition coefficient (Wildman–Crippen LogP) is 0.0300. The molecular formula is C10H17NO3. The maximum Gasteiger partial charge on any atom is 0.158 e. The van der Waals surface area contributed by atoms with E-state index in [2.05, 4.69) is 11.4 Å². The van der Waals surface area contributed by atoms with Crippen molar-refractivity contribution in [3.05, 3.63) is 11.6 Å². The SMILES string of the molecule is OCC1C=C(CCC2OCCO2)CN1. The number of rotatable bonds is 4. The summed E-state index contributed by atoms with van der Waals surface area (Å²) >= 11 is 0. The van der Waals surface area contributed by atoms with Gasteiger partial charge >= 0.3 is 0 Å². The third kappa shape index (κ3) is 2.54. The highest BCUT2D eigenvalue weighted by molar-refractivity contribution is 5.15. The van der Waals surface area contributed by atoms with Crippen molar-refractivity contribution in [3.63, 3.8) is 0 Å². The van der Waals surface area contributed by atoms with Gasteiger partial charge in [0.1, 0.15) is 0 Å². The van der Waals surface area contributed by atoms with Gasteiger partial charge in [-0.05, 0) is 6.42 Å². The highest BCUT2D eigenvalue weighted by Crippen LogP contribution is 2.17. The minimum Gasteiger partial charge on any atom is -0.394 e. The van der Waals surface area contributed by atoms with E-state index in [1.165, 1.54) is 5.57 Å². The van der Waals surface area contributed by atoms with Gasteiger partial charge in [0.15, 0.2) is 6.29 Å². The van der Waals surface area contributed by atoms with Gasteiger partial charge in [-0.1, -0.05) is 11.6 Å². The highest BCUT2D eigenvalue weighted by Gasteiger charge is 2.18.